The number of rotatable bonds is 4. The molecule has 0 aliphatic carbocycles. The van der Waals surface area contributed by atoms with Gasteiger partial charge in [-0.05, 0) is 25.1 Å². The van der Waals surface area contributed by atoms with Crippen molar-refractivity contribution in [3.8, 4) is 0 Å². The van der Waals surface area contributed by atoms with Crippen LogP contribution in [0.4, 0.5) is 24.5 Å². The number of aromatic nitrogens is 1. The Bertz CT molecular complexity index is 941. The number of hydrogen-bond donors (Lipinski definition) is 1. The van der Waals surface area contributed by atoms with Crippen molar-refractivity contribution in [1.29, 1.82) is 0 Å². The first-order valence-corrected chi connectivity index (χ1v) is 7.39. The van der Waals surface area contributed by atoms with Gasteiger partial charge in [-0.1, -0.05) is 11.6 Å². The molecular formula is C15H11ClF3N3O4. The van der Waals surface area contributed by atoms with E-state index < -0.39 is 40.4 Å². The van der Waals surface area contributed by atoms with Crippen molar-refractivity contribution in [2.24, 2.45) is 0 Å². The van der Waals surface area contributed by atoms with Gasteiger partial charge in [0.25, 0.3) is 11.2 Å². The molecule has 1 aromatic heterocycles. The highest BCUT2D eigenvalue weighted by Crippen LogP contribution is 2.33. The molecule has 0 aliphatic rings. The van der Waals surface area contributed by atoms with Gasteiger partial charge >= 0.3 is 6.18 Å². The quantitative estimate of drug-likeness (QED) is 0.640. The van der Waals surface area contributed by atoms with Crippen molar-refractivity contribution in [2.75, 3.05) is 5.32 Å². The van der Waals surface area contributed by atoms with Crippen LogP contribution in [0.2, 0.25) is 5.02 Å². The van der Waals surface area contributed by atoms with E-state index in [2.05, 4.69) is 5.32 Å². The second-order valence-electron chi connectivity index (χ2n) is 5.31. The molecule has 2 aromatic rings. The van der Waals surface area contributed by atoms with Crippen molar-refractivity contribution in [3.63, 3.8) is 0 Å². The number of nitrogens with one attached hydrogen (secondary N) is 1. The van der Waals surface area contributed by atoms with Gasteiger partial charge in [0, 0.05) is 11.6 Å². The van der Waals surface area contributed by atoms with Gasteiger partial charge in [0.15, 0.2) is 0 Å². The predicted octanol–water partition coefficient (Wildman–Crippen LogP) is 3.38. The Morgan fingerprint density at radius 1 is 1.35 bits per heavy atom. The molecule has 0 aliphatic heterocycles. The van der Waals surface area contributed by atoms with Gasteiger partial charge in [-0.15, -0.1) is 0 Å². The van der Waals surface area contributed by atoms with Crippen molar-refractivity contribution in [2.45, 2.75) is 19.6 Å². The Morgan fingerprint density at radius 3 is 2.58 bits per heavy atom. The van der Waals surface area contributed by atoms with Crippen LogP contribution >= 0.6 is 11.6 Å². The molecule has 11 heteroatoms. The Labute approximate surface area is 149 Å². The number of alkyl halides is 3. The summed E-state index contributed by atoms with van der Waals surface area (Å²) >= 11 is 5.78. The minimum Gasteiger partial charge on any atom is -0.323 e. The van der Waals surface area contributed by atoms with Gasteiger partial charge in [-0.2, -0.15) is 13.2 Å². The number of nitro groups is 1. The Morgan fingerprint density at radius 2 is 2.00 bits per heavy atom. The van der Waals surface area contributed by atoms with E-state index in [9.17, 15) is 32.9 Å². The van der Waals surface area contributed by atoms with Gasteiger partial charge in [0.1, 0.15) is 6.54 Å². The molecule has 0 spiro atoms. The van der Waals surface area contributed by atoms with Crippen LogP contribution in [0.15, 0.2) is 35.3 Å². The van der Waals surface area contributed by atoms with Crippen molar-refractivity contribution < 1.29 is 22.9 Å². The fraction of sp³-hybridized carbons (Fsp3) is 0.200. The van der Waals surface area contributed by atoms with Crippen LogP contribution in [0.1, 0.15) is 11.1 Å². The van der Waals surface area contributed by atoms with Crippen molar-refractivity contribution in [1.82, 2.24) is 4.57 Å². The molecule has 0 bridgehead atoms. The summed E-state index contributed by atoms with van der Waals surface area (Å²) in [6.45, 7) is 0.710. The third kappa shape index (κ3) is 4.39. The first-order valence-electron chi connectivity index (χ1n) is 7.01. The molecule has 26 heavy (non-hydrogen) atoms. The molecule has 1 N–H and O–H groups in total. The highest BCUT2D eigenvalue weighted by Gasteiger charge is 2.31. The van der Waals surface area contributed by atoms with Crippen LogP contribution in [0.25, 0.3) is 0 Å². The van der Waals surface area contributed by atoms with Crippen LogP contribution in [0.5, 0.6) is 0 Å². The molecule has 0 saturated carbocycles. The van der Waals surface area contributed by atoms with E-state index >= 15 is 0 Å². The first-order chi connectivity index (χ1) is 12.0. The summed E-state index contributed by atoms with van der Waals surface area (Å²) in [5, 5.41) is 12.9. The molecule has 0 saturated heterocycles. The van der Waals surface area contributed by atoms with Crippen LogP contribution in [0.3, 0.4) is 0 Å². The monoisotopic (exact) mass is 389 g/mol. The van der Waals surface area contributed by atoms with E-state index in [1.165, 1.54) is 6.92 Å². The van der Waals surface area contributed by atoms with E-state index in [1.807, 2.05) is 0 Å². The number of amides is 1. The Balaban J connectivity index is 2.28. The lowest BCUT2D eigenvalue weighted by Crippen LogP contribution is -2.28. The molecule has 0 fully saturated rings. The second kappa shape index (κ2) is 7.16. The average Bonchev–Trinajstić information content (AvgIpc) is 2.52. The molecular weight excluding hydrogens is 379 g/mol. The largest absolute Gasteiger partial charge is 0.416 e. The minimum atomic E-state index is -4.63. The van der Waals surface area contributed by atoms with E-state index in [4.69, 9.17) is 11.6 Å². The lowest BCUT2D eigenvalue weighted by Gasteiger charge is -2.12. The maximum absolute atomic E-state index is 12.7. The number of benzene rings is 1. The smallest absolute Gasteiger partial charge is 0.323 e. The first kappa shape index (κ1) is 19.4. The topological polar surface area (TPSA) is 94.2 Å². The predicted molar refractivity (Wildman–Crippen MR) is 87.2 cm³/mol. The maximum atomic E-state index is 12.7. The number of hydrogen-bond acceptors (Lipinski definition) is 4. The minimum absolute atomic E-state index is 0.0455. The van der Waals surface area contributed by atoms with Crippen LogP contribution < -0.4 is 10.9 Å². The SMILES string of the molecule is Cc1cc([N+](=O)[O-])cn(CC(=O)Nc2cc(C(F)(F)F)ccc2Cl)c1=O. The summed E-state index contributed by atoms with van der Waals surface area (Å²) in [6.07, 6.45) is -3.75. The summed E-state index contributed by atoms with van der Waals surface area (Å²) in [7, 11) is 0. The van der Waals surface area contributed by atoms with Gasteiger partial charge < -0.3 is 5.32 Å². The molecule has 2 rings (SSSR count). The van der Waals surface area contributed by atoms with Crippen molar-refractivity contribution in [3.05, 3.63) is 67.1 Å². The lowest BCUT2D eigenvalue weighted by atomic mass is 10.2. The molecule has 138 valence electrons. The highest BCUT2D eigenvalue weighted by atomic mass is 35.5. The molecule has 1 amide bonds. The van der Waals surface area contributed by atoms with Gasteiger partial charge in [0.05, 0.1) is 27.4 Å². The highest BCUT2D eigenvalue weighted by molar-refractivity contribution is 6.33. The number of carbonyl (C=O) groups is 1. The van der Waals surface area contributed by atoms with E-state index in [1.54, 1.807) is 0 Å². The van der Waals surface area contributed by atoms with Gasteiger partial charge in [-0.25, -0.2) is 0 Å². The Kier molecular flexibility index (Phi) is 5.36. The Hall–Kier alpha value is -2.88. The number of anilines is 1. The molecule has 0 atom stereocenters. The average molecular weight is 390 g/mol. The molecule has 0 unspecified atom stereocenters. The fourth-order valence-corrected chi connectivity index (χ4v) is 2.29. The van der Waals surface area contributed by atoms with Gasteiger partial charge in [-0.3, -0.25) is 24.3 Å². The number of aryl methyl sites for hydroxylation is 1. The number of pyridine rings is 1. The lowest BCUT2D eigenvalue weighted by molar-refractivity contribution is -0.385. The third-order valence-corrected chi connectivity index (χ3v) is 3.67. The van der Waals surface area contributed by atoms with E-state index in [-0.39, 0.29) is 16.3 Å². The molecule has 1 aromatic carbocycles. The summed E-state index contributed by atoms with van der Waals surface area (Å²) in [5.41, 5.74) is -2.29. The van der Waals surface area contributed by atoms with Crippen molar-refractivity contribution >= 4 is 28.9 Å². The van der Waals surface area contributed by atoms with Crippen LogP contribution in [-0.4, -0.2) is 15.4 Å². The van der Waals surface area contributed by atoms with E-state index in [0.717, 1.165) is 29.0 Å². The maximum Gasteiger partial charge on any atom is 0.416 e. The molecule has 7 nitrogen and oxygen atoms in total. The summed E-state index contributed by atoms with van der Waals surface area (Å²) < 4.78 is 39.0. The van der Waals surface area contributed by atoms with Crippen LogP contribution in [0, 0.1) is 17.0 Å². The van der Waals surface area contributed by atoms with E-state index in [0.29, 0.717) is 6.07 Å². The summed E-state index contributed by atoms with van der Waals surface area (Å²) in [6, 6.07) is 3.44. The van der Waals surface area contributed by atoms with Gasteiger partial charge in [0.2, 0.25) is 5.91 Å². The second-order valence-corrected chi connectivity index (χ2v) is 5.72. The number of halogens is 4. The fourth-order valence-electron chi connectivity index (χ4n) is 2.12. The summed E-state index contributed by atoms with van der Waals surface area (Å²) in [5.74, 6) is -0.867. The standard InChI is InChI=1S/C15H11ClF3N3O4/c1-8-4-10(22(25)26)6-21(14(8)24)7-13(23)20-12-5-9(15(17,18)19)2-3-11(12)16/h2-6H,7H2,1H3,(H,20,23). The molecule has 1 heterocycles. The zero-order valence-corrected chi connectivity index (χ0v) is 13.9. The summed E-state index contributed by atoms with van der Waals surface area (Å²) in [4.78, 5) is 34.1. The molecule has 0 radical (unpaired) electrons. The third-order valence-electron chi connectivity index (χ3n) is 3.34. The zero-order chi connectivity index (χ0) is 19.6. The normalized spacial score (nSPS) is 11.3. The number of carbonyl (C=O) groups excluding carboxylic acids is 1. The number of nitrogens with zero attached hydrogens (tertiary/aromatic N) is 2. The van der Waals surface area contributed by atoms with Crippen LogP contribution in [-0.2, 0) is 17.5 Å². The zero-order valence-electron chi connectivity index (χ0n) is 13.1.